The largest absolute Gasteiger partial charge is 0.336 e. The van der Waals surface area contributed by atoms with E-state index in [4.69, 9.17) is 0 Å². The summed E-state index contributed by atoms with van der Waals surface area (Å²) in [6, 6.07) is 6.00. The molecule has 0 radical (unpaired) electrons. The Morgan fingerprint density at radius 1 is 1.08 bits per heavy atom. The quantitative estimate of drug-likeness (QED) is 0.518. The van der Waals surface area contributed by atoms with Gasteiger partial charge >= 0.3 is 0 Å². The number of fused-ring (bicyclic) bond motifs is 2. The molecule has 0 atom stereocenters. The van der Waals surface area contributed by atoms with Gasteiger partial charge in [0.1, 0.15) is 0 Å². The third-order valence-electron chi connectivity index (χ3n) is 4.27. The predicted octanol–water partition coefficient (Wildman–Crippen LogP) is 3.72. The average Bonchev–Trinajstić information content (AvgIpc) is 3.34. The van der Waals surface area contributed by atoms with Crippen molar-refractivity contribution in [1.82, 2.24) is 34.5 Å². The highest BCUT2D eigenvalue weighted by atomic mass is 32.1. The maximum Gasteiger partial charge on any atom is 0.182 e. The molecule has 8 heteroatoms. The number of aromatic nitrogens is 7. The molecular formula is C18H15N7S. The van der Waals surface area contributed by atoms with Crippen molar-refractivity contribution in [1.29, 1.82) is 0 Å². The summed E-state index contributed by atoms with van der Waals surface area (Å²) in [5, 5.41) is 7.55. The average molecular weight is 361 g/mol. The van der Waals surface area contributed by atoms with E-state index in [9.17, 15) is 0 Å². The monoisotopic (exact) mass is 361 g/mol. The Morgan fingerprint density at radius 3 is 2.73 bits per heavy atom. The molecule has 128 valence electrons. The van der Waals surface area contributed by atoms with E-state index in [1.54, 1.807) is 17.5 Å². The van der Waals surface area contributed by atoms with Gasteiger partial charge in [-0.25, -0.2) is 19.5 Å². The maximum absolute atomic E-state index is 4.66. The molecule has 0 saturated carbocycles. The Balaban J connectivity index is 1.63. The lowest BCUT2D eigenvalue weighted by Gasteiger charge is -1.97. The number of hydrogen-bond donors (Lipinski definition) is 1. The van der Waals surface area contributed by atoms with Crippen molar-refractivity contribution in [2.45, 2.75) is 20.8 Å². The van der Waals surface area contributed by atoms with Gasteiger partial charge in [-0.15, -0.1) is 16.4 Å². The molecule has 5 rings (SSSR count). The van der Waals surface area contributed by atoms with E-state index < -0.39 is 0 Å². The summed E-state index contributed by atoms with van der Waals surface area (Å²) < 4.78 is 1.83. The number of aromatic amines is 1. The molecule has 26 heavy (non-hydrogen) atoms. The number of nitrogens with one attached hydrogen (secondary N) is 1. The van der Waals surface area contributed by atoms with E-state index in [-0.39, 0.29) is 0 Å². The molecule has 4 aromatic heterocycles. The number of nitrogens with zero attached hydrogens (tertiary/aromatic N) is 6. The number of imidazole rings is 1. The number of aryl methyl sites for hydroxylation is 3. The molecule has 5 aromatic rings. The van der Waals surface area contributed by atoms with Crippen LogP contribution in [-0.2, 0) is 0 Å². The van der Waals surface area contributed by atoms with Crippen LogP contribution in [0.15, 0.2) is 29.8 Å². The molecule has 0 fully saturated rings. The van der Waals surface area contributed by atoms with Crippen molar-refractivity contribution in [3.8, 4) is 22.2 Å². The molecule has 4 heterocycles. The van der Waals surface area contributed by atoms with Gasteiger partial charge in [0.2, 0.25) is 0 Å². The van der Waals surface area contributed by atoms with Crippen LogP contribution >= 0.6 is 11.3 Å². The Bertz CT molecular complexity index is 1240. The van der Waals surface area contributed by atoms with E-state index in [0.717, 1.165) is 50.2 Å². The molecule has 0 bridgehead atoms. The van der Waals surface area contributed by atoms with Crippen LogP contribution in [0.2, 0.25) is 0 Å². The number of thiazole rings is 1. The number of benzene rings is 1. The molecule has 0 aliphatic heterocycles. The van der Waals surface area contributed by atoms with Crippen LogP contribution in [0.5, 0.6) is 0 Å². The first kappa shape index (κ1) is 15.2. The van der Waals surface area contributed by atoms with E-state index in [1.165, 1.54) is 0 Å². The highest BCUT2D eigenvalue weighted by Gasteiger charge is 2.13. The fourth-order valence-corrected chi connectivity index (χ4v) is 3.67. The van der Waals surface area contributed by atoms with Gasteiger partial charge in [-0.3, -0.25) is 4.98 Å². The van der Waals surface area contributed by atoms with Gasteiger partial charge < -0.3 is 4.98 Å². The van der Waals surface area contributed by atoms with Crippen LogP contribution in [0.4, 0.5) is 0 Å². The molecule has 1 aromatic carbocycles. The van der Waals surface area contributed by atoms with Gasteiger partial charge in [0, 0.05) is 22.8 Å². The van der Waals surface area contributed by atoms with E-state index in [0.29, 0.717) is 5.82 Å². The van der Waals surface area contributed by atoms with Crippen molar-refractivity contribution >= 4 is 28.0 Å². The second kappa shape index (κ2) is 5.43. The van der Waals surface area contributed by atoms with Gasteiger partial charge in [0.25, 0.3) is 0 Å². The van der Waals surface area contributed by atoms with Crippen molar-refractivity contribution in [2.75, 3.05) is 0 Å². The van der Waals surface area contributed by atoms with Crippen LogP contribution in [-0.4, -0.2) is 34.5 Å². The number of hydrogen-bond acceptors (Lipinski definition) is 6. The minimum absolute atomic E-state index is 0.673. The SMILES string of the molecule is Cc1csc(-c2nc3ccc(-c4nc5c(C)ncc(C)n5n4)cc3[nH]2)n1. The van der Waals surface area contributed by atoms with Gasteiger partial charge in [-0.1, -0.05) is 0 Å². The van der Waals surface area contributed by atoms with E-state index in [1.807, 2.05) is 48.9 Å². The molecule has 0 saturated heterocycles. The summed E-state index contributed by atoms with van der Waals surface area (Å²) in [4.78, 5) is 21.5. The van der Waals surface area contributed by atoms with Crippen molar-refractivity contribution < 1.29 is 0 Å². The zero-order valence-electron chi connectivity index (χ0n) is 14.5. The highest BCUT2D eigenvalue weighted by Crippen LogP contribution is 2.26. The Labute approximate surface area is 152 Å². The molecule has 0 aliphatic rings. The van der Waals surface area contributed by atoms with Gasteiger partial charge in [-0.2, -0.15) is 0 Å². The van der Waals surface area contributed by atoms with E-state index in [2.05, 4.69) is 30.0 Å². The molecule has 0 spiro atoms. The first-order valence-electron chi connectivity index (χ1n) is 8.20. The maximum atomic E-state index is 4.66. The fourth-order valence-electron chi connectivity index (χ4n) is 2.93. The minimum Gasteiger partial charge on any atom is -0.336 e. The van der Waals surface area contributed by atoms with Crippen molar-refractivity contribution in [3.63, 3.8) is 0 Å². The van der Waals surface area contributed by atoms with Gasteiger partial charge in [-0.05, 0) is 39.0 Å². The summed E-state index contributed by atoms with van der Waals surface area (Å²) in [6.45, 7) is 5.89. The van der Waals surface area contributed by atoms with Crippen LogP contribution < -0.4 is 0 Å². The summed E-state index contributed by atoms with van der Waals surface area (Å²) in [6.07, 6.45) is 1.81. The van der Waals surface area contributed by atoms with Crippen LogP contribution in [0.1, 0.15) is 17.1 Å². The molecule has 7 nitrogen and oxygen atoms in total. The highest BCUT2D eigenvalue weighted by molar-refractivity contribution is 7.13. The van der Waals surface area contributed by atoms with Crippen LogP contribution in [0.3, 0.4) is 0 Å². The number of H-pyrrole nitrogens is 1. The molecule has 1 N–H and O–H groups in total. The lowest BCUT2D eigenvalue weighted by Crippen LogP contribution is -1.97. The zero-order valence-corrected chi connectivity index (χ0v) is 15.3. The fraction of sp³-hybridized carbons (Fsp3) is 0.167. The molecule has 0 aliphatic carbocycles. The zero-order chi connectivity index (χ0) is 17.8. The molecule has 0 amide bonds. The third-order valence-corrected chi connectivity index (χ3v) is 5.24. The number of rotatable bonds is 2. The second-order valence-electron chi connectivity index (χ2n) is 6.27. The molecule has 0 unspecified atom stereocenters. The van der Waals surface area contributed by atoms with Crippen LogP contribution in [0, 0.1) is 20.8 Å². The van der Waals surface area contributed by atoms with Crippen LogP contribution in [0.25, 0.3) is 38.9 Å². The second-order valence-corrected chi connectivity index (χ2v) is 7.13. The minimum atomic E-state index is 0.673. The van der Waals surface area contributed by atoms with Crippen molar-refractivity contribution in [3.05, 3.63) is 46.9 Å². The first-order valence-corrected chi connectivity index (χ1v) is 9.08. The summed E-state index contributed by atoms with van der Waals surface area (Å²) in [5.74, 6) is 1.46. The van der Waals surface area contributed by atoms with Gasteiger partial charge in [0.15, 0.2) is 22.3 Å². The molecular weight excluding hydrogens is 346 g/mol. The van der Waals surface area contributed by atoms with Gasteiger partial charge in [0.05, 0.1) is 22.4 Å². The summed E-state index contributed by atoms with van der Waals surface area (Å²) >= 11 is 1.58. The Kier molecular flexibility index (Phi) is 3.17. The summed E-state index contributed by atoms with van der Waals surface area (Å²) in [7, 11) is 0. The topological polar surface area (TPSA) is 84.6 Å². The lowest BCUT2D eigenvalue weighted by molar-refractivity contribution is 0.891. The standard InChI is InChI=1S/C18H15N7S/c1-9-8-26-18(20-9)16-21-13-5-4-12(6-14(13)22-16)15-23-17-11(3)19-7-10(2)25(17)24-15/h4-8H,1-3H3,(H,21,22). The first-order chi connectivity index (χ1) is 12.6. The van der Waals surface area contributed by atoms with Crippen molar-refractivity contribution in [2.24, 2.45) is 0 Å². The normalized spacial score (nSPS) is 11.7. The Morgan fingerprint density at radius 2 is 1.96 bits per heavy atom. The smallest absolute Gasteiger partial charge is 0.182 e. The summed E-state index contributed by atoms with van der Waals surface area (Å²) in [5.41, 5.74) is 6.37. The third kappa shape index (κ3) is 2.30. The Hall–Kier alpha value is -3.13. The lowest BCUT2D eigenvalue weighted by atomic mass is 10.2. The predicted molar refractivity (Wildman–Crippen MR) is 101 cm³/mol. The van der Waals surface area contributed by atoms with E-state index >= 15 is 0 Å².